The third kappa shape index (κ3) is 35.6. The highest BCUT2D eigenvalue weighted by Gasteiger charge is 2.42. The van der Waals surface area contributed by atoms with Crippen molar-refractivity contribution in [2.75, 3.05) is 55.9 Å². The number of carboxylic acid groups (broad SMARTS) is 2. The number of aliphatic imine (C=N–C) groups is 1. The van der Waals surface area contributed by atoms with Crippen molar-refractivity contribution in [3.63, 3.8) is 0 Å². The van der Waals surface area contributed by atoms with Gasteiger partial charge in [0, 0.05) is 67.1 Å². The van der Waals surface area contributed by atoms with Gasteiger partial charge in [-0.3, -0.25) is 72.1 Å². The van der Waals surface area contributed by atoms with Crippen LogP contribution in [-0.4, -0.2) is 277 Å². The van der Waals surface area contributed by atoms with Crippen molar-refractivity contribution in [2.45, 2.75) is 255 Å². The highest BCUT2D eigenvalue weighted by Crippen LogP contribution is 2.24. The van der Waals surface area contributed by atoms with Crippen LogP contribution in [0.3, 0.4) is 0 Å². The molecule has 1 aliphatic heterocycles. The van der Waals surface area contributed by atoms with E-state index in [4.69, 9.17) is 28.7 Å². The Morgan fingerprint density at radius 1 is 0.566 bits per heavy atom. The number of carboxylic acids is 2. The Labute approximate surface area is 725 Å². The van der Waals surface area contributed by atoms with Gasteiger partial charge in [-0.15, -0.1) is 0 Å². The van der Waals surface area contributed by atoms with Crippen molar-refractivity contribution >= 4 is 142 Å². The first-order chi connectivity index (χ1) is 57.9. The fourth-order valence-electron chi connectivity index (χ4n) is 13.4. The Morgan fingerprint density at radius 2 is 1.03 bits per heavy atom. The van der Waals surface area contributed by atoms with Crippen LogP contribution in [0, 0.1) is 17.8 Å². The Hall–Kier alpha value is -9.82. The van der Waals surface area contributed by atoms with Crippen molar-refractivity contribution < 1.29 is 87.2 Å². The number of carbonyl (C=O) groups excluding carboxylic acids is 13. The number of nitrogens with zero attached hydrogens (tertiary/aromatic N) is 3. The number of H-pyrrole nitrogens is 2. The fourth-order valence-corrected chi connectivity index (χ4v) is 14.6. The molecule has 0 radical (unpaired) electrons. The number of benzene rings is 1. The molecule has 3 heterocycles. The number of aromatic amines is 2. The minimum Gasteiger partial charge on any atom is -0.481 e. The van der Waals surface area contributed by atoms with Gasteiger partial charge in [-0.2, -0.15) is 36.2 Å². The molecule has 0 saturated carbocycles. The Morgan fingerprint density at radius 3 is 1.55 bits per heavy atom. The fraction of sp³-hybridized carbons (Fsp3) is 0.658. The van der Waals surface area contributed by atoms with Gasteiger partial charge in [0.1, 0.15) is 84.6 Å². The molecule has 27 N–H and O–H groups in total. The molecule has 0 aliphatic carbocycles. The number of guanidine groups is 1. The molecule has 3 aromatic rings. The third-order valence-corrected chi connectivity index (χ3v) is 22.2. The number of carbonyl (C=O) groups is 15. The number of amides is 13. The minimum atomic E-state index is -1.76. The van der Waals surface area contributed by atoms with Crippen LogP contribution in [0.4, 0.5) is 0 Å². The Balaban J connectivity index is 1.67. The van der Waals surface area contributed by atoms with Gasteiger partial charge in [-0.05, 0) is 163 Å². The van der Waals surface area contributed by atoms with Gasteiger partial charge in [-0.25, -0.2) is 9.78 Å². The number of thioether (sulfide) groups is 2. The first-order valence-electron chi connectivity index (χ1n) is 41.3. The van der Waals surface area contributed by atoms with Crippen molar-refractivity contribution in [3.8, 4) is 0 Å². The Kier molecular flexibility index (Phi) is 46.8. The SMILES string of the molecule is CCC(C)C(NC(=O)C(N)C(C)O)C(=O)NC(Cc1cnc[nH]1)C(=O)NC(CS)C(=O)NC(CCCCN)C(=O)NC(Cc1c[nH]c2ccccc12)C(=O)NC(CCN=C(N)N)C(=O)NC(CCC(=O)O)C(=O)NC(CCCCN)C(=O)N1CCCC1C(=O)NC(CC(C)C)C(=O)NC(CCSC)C(=O)NC(CC(C)C)C(=O)NC(CCSC)C(=O)O. The van der Waals surface area contributed by atoms with Crippen LogP contribution >= 0.6 is 36.2 Å². The summed E-state index contributed by atoms with van der Waals surface area (Å²) in [4.78, 5) is 228. The molecule has 1 saturated heterocycles. The lowest BCUT2D eigenvalue weighted by atomic mass is 9.97. The van der Waals surface area contributed by atoms with Crippen LogP contribution in [-0.2, 0) is 84.8 Å². The second kappa shape index (κ2) is 54.6. The molecule has 40 nitrogen and oxygen atoms in total. The van der Waals surface area contributed by atoms with Crippen LogP contribution < -0.4 is 92.5 Å². The molecule has 16 atom stereocenters. The zero-order valence-corrected chi connectivity index (χ0v) is 73.6. The molecule has 2 aromatic heterocycles. The average molecular weight is 1770 g/mol. The number of thiol groups is 1. The number of para-hydroxylation sites is 1. The van der Waals surface area contributed by atoms with E-state index in [1.54, 1.807) is 70.7 Å². The number of aliphatic hydroxyl groups excluding tert-OH is 1. The van der Waals surface area contributed by atoms with Gasteiger partial charge in [0.25, 0.3) is 0 Å². The topological polar surface area (TPSA) is 651 Å². The number of fused-ring (bicyclic) bond motifs is 1. The molecule has 122 heavy (non-hydrogen) atoms. The third-order valence-electron chi connectivity index (χ3n) is 20.5. The number of aliphatic carboxylic acids is 2. The van der Waals surface area contributed by atoms with E-state index in [0.29, 0.717) is 52.9 Å². The van der Waals surface area contributed by atoms with E-state index < -0.39 is 211 Å². The number of likely N-dealkylation sites (tertiary alicyclic amines) is 1. The summed E-state index contributed by atoms with van der Waals surface area (Å²) < 4.78 is 0. The van der Waals surface area contributed by atoms with Crippen LogP contribution in [0.1, 0.15) is 162 Å². The molecule has 1 aromatic carbocycles. The van der Waals surface area contributed by atoms with E-state index in [9.17, 15) is 72.9 Å². The summed E-state index contributed by atoms with van der Waals surface area (Å²) >= 11 is 7.17. The summed E-state index contributed by atoms with van der Waals surface area (Å²) in [6.45, 7) is 12.0. The number of unbranched alkanes of at least 4 members (excludes halogenated alkanes) is 2. The van der Waals surface area contributed by atoms with E-state index in [1.807, 2.05) is 13.8 Å². The van der Waals surface area contributed by atoms with Crippen molar-refractivity contribution in [2.24, 2.45) is 51.4 Å². The van der Waals surface area contributed by atoms with Gasteiger partial charge in [0.05, 0.1) is 12.4 Å². The lowest BCUT2D eigenvalue weighted by Crippen LogP contribution is -2.61. The molecule has 682 valence electrons. The van der Waals surface area contributed by atoms with Crippen LogP contribution in [0.25, 0.3) is 10.9 Å². The second-order valence-corrected chi connectivity index (χ2v) is 33.6. The minimum absolute atomic E-state index is 0.000291. The molecule has 4 rings (SSSR count). The monoisotopic (exact) mass is 1770 g/mol. The van der Waals surface area contributed by atoms with E-state index in [-0.39, 0.29) is 121 Å². The summed E-state index contributed by atoms with van der Waals surface area (Å²) in [6.07, 6.45) is 6.68. The maximum absolute atomic E-state index is 15.2. The first kappa shape index (κ1) is 105. The molecular formula is C79H130N22O18S3. The molecule has 13 amide bonds. The quantitative estimate of drug-likeness (QED) is 0.0122. The maximum Gasteiger partial charge on any atom is 0.326 e. The number of aliphatic hydroxyl groups is 1. The summed E-state index contributed by atoms with van der Waals surface area (Å²) in [5.74, 6) is -14.7. The van der Waals surface area contributed by atoms with Gasteiger partial charge in [0.15, 0.2) is 5.96 Å². The van der Waals surface area contributed by atoms with Gasteiger partial charge < -0.3 is 123 Å². The summed E-state index contributed by atoms with van der Waals surface area (Å²) in [6, 6.07) is -12.6. The van der Waals surface area contributed by atoms with Crippen molar-refractivity contribution in [1.29, 1.82) is 0 Å². The zero-order chi connectivity index (χ0) is 90.9. The number of rotatable bonds is 58. The Bertz CT molecular complexity index is 3950. The lowest BCUT2D eigenvalue weighted by Gasteiger charge is -2.31. The van der Waals surface area contributed by atoms with Crippen molar-refractivity contribution in [1.82, 2.24) is 83.7 Å². The largest absolute Gasteiger partial charge is 0.481 e. The summed E-state index contributed by atoms with van der Waals surface area (Å²) in [5, 5.41) is 62.6. The average Bonchev–Trinajstić information content (AvgIpc) is 1.64. The summed E-state index contributed by atoms with van der Waals surface area (Å²) in [5.41, 5.74) is 30.7. The van der Waals surface area contributed by atoms with Gasteiger partial charge >= 0.3 is 11.9 Å². The number of nitrogens with one attached hydrogen (secondary N) is 14. The van der Waals surface area contributed by atoms with Crippen LogP contribution in [0.5, 0.6) is 0 Å². The molecule has 1 fully saturated rings. The molecule has 0 bridgehead atoms. The summed E-state index contributed by atoms with van der Waals surface area (Å²) in [7, 11) is 0. The number of aromatic nitrogens is 3. The van der Waals surface area contributed by atoms with E-state index in [0.717, 1.165) is 0 Å². The predicted molar refractivity (Wildman–Crippen MR) is 466 cm³/mol. The van der Waals surface area contributed by atoms with Gasteiger partial charge in [0.2, 0.25) is 76.8 Å². The van der Waals surface area contributed by atoms with E-state index in [1.165, 1.54) is 47.9 Å². The second-order valence-electron chi connectivity index (χ2n) is 31.3. The number of hydrogen-bond acceptors (Lipinski definition) is 24. The smallest absolute Gasteiger partial charge is 0.326 e. The number of nitrogens with two attached hydrogens (primary N) is 5. The molecule has 43 heteroatoms. The predicted octanol–water partition coefficient (Wildman–Crippen LogP) is -2.36. The number of hydrogen-bond donors (Lipinski definition) is 23. The van der Waals surface area contributed by atoms with E-state index in [2.05, 4.69) is 96.4 Å². The lowest BCUT2D eigenvalue weighted by molar-refractivity contribution is -0.143. The molecule has 16 unspecified atom stereocenters. The number of imidazole rings is 1. The molecule has 1 aliphatic rings. The van der Waals surface area contributed by atoms with Crippen molar-refractivity contribution in [3.05, 3.63) is 54.2 Å². The zero-order valence-electron chi connectivity index (χ0n) is 71.1. The molecule has 0 spiro atoms. The normalized spacial score (nSPS) is 16.3. The van der Waals surface area contributed by atoms with Crippen LogP contribution in [0.15, 0.2) is 48.0 Å². The highest BCUT2D eigenvalue weighted by molar-refractivity contribution is 7.98. The maximum atomic E-state index is 15.2. The van der Waals surface area contributed by atoms with Crippen LogP contribution in [0.2, 0.25) is 0 Å². The first-order valence-corrected chi connectivity index (χ1v) is 44.7. The van der Waals surface area contributed by atoms with Gasteiger partial charge in [-0.1, -0.05) is 66.2 Å². The standard InChI is InChI=1S/C79H130N22O18S3/c1-10-44(6)64(100-75(115)63(82)45(7)102)76(116)98-59(37-47-39-85-41-88-47)72(112)99-60(40-120)73(113)89-50(20-13-15-28-80)65(105)96-58(36-46-38-87-49-19-12-11-18-48(46)49)71(111)91-52(25-30-86-79(83)84)67(107)90-51(23-24-62(103)104)66(106)93-54(21-14-16-29-81)77(117)101-31-17-22-61(101)74(114)97-57(35-43(4)5)69(109)92-53(26-32-121-8)68(108)95-56(34-42(2)3)70(110)94-55(78(118)119)27-33-122-9/h11-12,18-19,38-39,41-45,50-61,63-64,87,102,120H,10,13-17,20-37,40,80-82H2,1-9H3,(H,85,88)(H,89,113)(H,90,107)(H,91,111)(H,92,109)(H,93,106)(H,94,110)(H,95,108)(H,96,105)(H,97,114)(H,98,116)(H,99,112)(H,100,115)(H,103,104)(H,118,119)(H4,83,84,86). The highest BCUT2D eigenvalue weighted by atomic mass is 32.2. The van der Waals surface area contributed by atoms with E-state index >= 15 is 14.4 Å². The molecular weight excluding hydrogens is 1640 g/mol.